The van der Waals surface area contributed by atoms with Crippen molar-refractivity contribution in [1.29, 1.82) is 0 Å². The lowest BCUT2D eigenvalue weighted by atomic mass is 10.0. The zero-order valence-electron chi connectivity index (χ0n) is 15.2. The molecule has 0 aliphatic rings. The van der Waals surface area contributed by atoms with E-state index in [4.69, 9.17) is 17.0 Å². The van der Waals surface area contributed by atoms with Crippen molar-refractivity contribution in [3.05, 3.63) is 64.2 Å². The molecule has 4 aromatic rings. The molecule has 0 saturated heterocycles. The highest BCUT2D eigenvalue weighted by molar-refractivity contribution is 7.71. The molecule has 2 aromatic heterocycles. The number of methoxy groups -OCH3 is 1. The maximum atomic E-state index is 5.52. The SMILES string of the molecule is COc1ccc2ccccc2c1/C=N\n1c(-n2nc(C)cc2C)n[nH]c1=S. The number of nitrogens with zero attached hydrogens (tertiary/aromatic N) is 5. The molecular formula is C19H18N6OS. The molecule has 0 atom stereocenters. The van der Waals surface area contributed by atoms with Crippen LogP contribution < -0.4 is 4.74 Å². The van der Waals surface area contributed by atoms with Gasteiger partial charge in [0.05, 0.1) is 19.0 Å². The summed E-state index contributed by atoms with van der Waals surface area (Å²) >= 11 is 5.35. The van der Waals surface area contributed by atoms with Crippen molar-refractivity contribution in [2.45, 2.75) is 13.8 Å². The van der Waals surface area contributed by atoms with Crippen molar-refractivity contribution in [3.63, 3.8) is 0 Å². The minimum Gasteiger partial charge on any atom is -0.496 e. The molecule has 4 rings (SSSR count). The van der Waals surface area contributed by atoms with Gasteiger partial charge in [-0.25, -0.2) is 9.78 Å². The minimum absolute atomic E-state index is 0.382. The fourth-order valence-corrected chi connectivity index (χ4v) is 3.23. The normalized spacial score (nSPS) is 11.5. The van der Waals surface area contributed by atoms with E-state index < -0.39 is 0 Å². The van der Waals surface area contributed by atoms with Gasteiger partial charge in [-0.2, -0.15) is 14.9 Å². The van der Waals surface area contributed by atoms with E-state index in [1.807, 2.05) is 50.2 Å². The Hall–Kier alpha value is -3.26. The van der Waals surface area contributed by atoms with Crippen molar-refractivity contribution in [3.8, 4) is 11.7 Å². The molecule has 1 N–H and O–H groups in total. The molecule has 136 valence electrons. The van der Waals surface area contributed by atoms with Crippen LogP contribution in [0.1, 0.15) is 17.0 Å². The highest BCUT2D eigenvalue weighted by Crippen LogP contribution is 2.26. The fraction of sp³-hybridized carbons (Fsp3) is 0.158. The van der Waals surface area contributed by atoms with E-state index in [1.54, 1.807) is 22.7 Å². The molecule has 8 heteroatoms. The van der Waals surface area contributed by atoms with E-state index in [0.717, 1.165) is 33.5 Å². The summed E-state index contributed by atoms with van der Waals surface area (Å²) in [7, 11) is 1.65. The van der Waals surface area contributed by atoms with E-state index in [2.05, 4.69) is 26.5 Å². The molecule has 0 fully saturated rings. The number of ether oxygens (including phenoxy) is 1. The Morgan fingerprint density at radius 1 is 1.19 bits per heavy atom. The molecule has 0 bridgehead atoms. The summed E-state index contributed by atoms with van der Waals surface area (Å²) in [6, 6.07) is 14.0. The van der Waals surface area contributed by atoms with Gasteiger partial charge in [0.2, 0.25) is 4.77 Å². The van der Waals surface area contributed by atoms with Crippen LogP contribution in [0.2, 0.25) is 0 Å². The number of H-pyrrole nitrogens is 1. The molecule has 0 unspecified atom stereocenters. The van der Waals surface area contributed by atoms with Crippen LogP contribution in [0, 0.1) is 18.6 Å². The summed E-state index contributed by atoms with van der Waals surface area (Å²) in [6.45, 7) is 3.89. The Morgan fingerprint density at radius 3 is 2.74 bits per heavy atom. The Balaban J connectivity index is 1.86. The highest BCUT2D eigenvalue weighted by Gasteiger charge is 2.12. The van der Waals surface area contributed by atoms with Crippen LogP contribution in [0.3, 0.4) is 0 Å². The van der Waals surface area contributed by atoms with E-state index in [0.29, 0.717) is 10.7 Å². The largest absolute Gasteiger partial charge is 0.496 e. The van der Waals surface area contributed by atoms with E-state index >= 15 is 0 Å². The molecule has 0 aliphatic carbocycles. The van der Waals surface area contributed by atoms with Gasteiger partial charge >= 0.3 is 0 Å². The first-order valence-electron chi connectivity index (χ1n) is 8.39. The van der Waals surface area contributed by atoms with Gasteiger partial charge in [0.1, 0.15) is 5.75 Å². The lowest BCUT2D eigenvalue weighted by molar-refractivity contribution is 0.415. The van der Waals surface area contributed by atoms with Crippen LogP contribution in [-0.4, -0.2) is 38.0 Å². The fourth-order valence-electron chi connectivity index (χ4n) is 3.06. The quantitative estimate of drug-likeness (QED) is 0.433. The van der Waals surface area contributed by atoms with Crippen LogP contribution in [0.4, 0.5) is 0 Å². The Labute approximate surface area is 160 Å². The van der Waals surface area contributed by atoms with Gasteiger partial charge in [0, 0.05) is 11.3 Å². The maximum absolute atomic E-state index is 5.52. The summed E-state index contributed by atoms with van der Waals surface area (Å²) < 4.78 is 9.17. The molecule has 0 aliphatic heterocycles. The lowest BCUT2D eigenvalue weighted by Crippen LogP contribution is -2.07. The maximum Gasteiger partial charge on any atom is 0.271 e. The van der Waals surface area contributed by atoms with Gasteiger partial charge in [0.25, 0.3) is 5.95 Å². The summed E-state index contributed by atoms with van der Waals surface area (Å²) in [5.74, 6) is 1.24. The van der Waals surface area contributed by atoms with Crippen molar-refractivity contribution in [2.75, 3.05) is 7.11 Å². The van der Waals surface area contributed by atoms with Gasteiger partial charge < -0.3 is 4.74 Å². The van der Waals surface area contributed by atoms with Crippen LogP contribution in [-0.2, 0) is 0 Å². The molecular weight excluding hydrogens is 360 g/mol. The number of fused-ring (bicyclic) bond motifs is 1. The van der Waals surface area contributed by atoms with Crippen LogP contribution in [0.25, 0.3) is 16.7 Å². The number of hydrogen-bond acceptors (Lipinski definition) is 5. The summed E-state index contributed by atoms with van der Waals surface area (Å²) in [5.41, 5.74) is 2.71. The van der Waals surface area contributed by atoms with Crippen molar-refractivity contribution < 1.29 is 4.74 Å². The minimum atomic E-state index is 0.382. The number of aryl methyl sites for hydroxylation is 2. The average molecular weight is 378 g/mol. The molecule has 27 heavy (non-hydrogen) atoms. The second-order valence-corrected chi connectivity index (χ2v) is 6.51. The second kappa shape index (κ2) is 6.81. The van der Waals surface area contributed by atoms with Gasteiger partial charge in [-0.1, -0.05) is 30.3 Å². The smallest absolute Gasteiger partial charge is 0.271 e. The zero-order chi connectivity index (χ0) is 19.0. The van der Waals surface area contributed by atoms with Gasteiger partial charge in [0.15, 0.2) is 0 Å². The first-order valence-corrected chi connectivity index (χ1v) is 8.80. The topological polar surface area (TPSA) is 73.0 Å². The van der Waals surface area contributed by atoms with Gasteiger partial charge in [-0.05, 0) is 49.0 Å². The number of aromatic amines is 1. The monoisotopic (exact) mass is 378 g/mol. The predicted molar refractivity (Wildman–Crippen MR) is 107 cm³/mol. The molecule has 0 radical (unpaired) electrons. The van der Waals surface area contributed by atoms with Crippen molar-refractivity contribution in [2.24, 2.45) is 5.10 Å². The summed E-state index contributed by atoms with van der Waals surface area (Å²) in [6.07, 6.45) is 1.74. The highest BCUT2D eigenvalue weighted by atomic mass is 32.1. The lowest BCUT2D eigenvalue weighted by Gasteiger charge is -2.08. The number of nitrogens with one attached hydrogen (secondary N) is 1. The molecule has 2 heterocycles. The second-order valence-electron chi connectivity index (χ2n) is 6.13. The van der Waals surface area contributed by atoms with Crippen LogP contribution in [0.5, 0.6) is 5.75 Å². The van der Waals surface area contributed by atoms with Crippen LogP contribution >= 0.6 is 12.2 Å². The number of benzene rings is 2. The van der Waals surface area contributed by atoms with E-state index in [-0.39, 0.29) is 0 Å². The molecule has 0 spiro atoms. The first kappa shape index (κ1) is 17.2. The third-order valence-electron chi connectivity index (χ3n) is 4.29. The molecule has 0 saturated carbocycles. The molecule has 0 amide bonds. The number of hydrogen-bond donors (Lipinski definition) is 1. The third kappa shape index (κ3) is 3.04. The first-order chi connectivity index (χ1) is 13.1. The Bertz CT molecular complexity index is 1220. The average Bonchev–Trinajstić information content (AvgIpc) is 3.20. The van der Waals surface area contributed by atoms with Crippen molar-refractivity contribution >= 4 is 29.2 Å². The summed E-state index contributed by atoms with van der Waals surface area (Å²) in [5, 5.41) is 18.2. The zero-order valence-corrected chi connectivity index (χ0v) is 16.0. The molecule has 2 aromatic carbocycles. The van der Waals surface area contributed by atoms with Gasteiger partial charge in [-0.3, -0.25) is 0 Å². The van der Waals surface area contributed by atoms with Gasteiger partial charge in [-0.15, -0.1) is 5.10 Å². The standard InChI is InChI=1S/C19H18N6OS/c1-12-10-13(2)24(23-12)18-21-22-19(27)25(18)20-11-16-15-7-5-4-6-14(15)8-9-17(16)26-3/h4-11H,1-3H3,(H,22,27)/b20-11-. The third-order valence-corrected chi connectivity index (χ3v) is 4.55. The predicted octanol–water partition coefficient (Wildman–Crippen LogP) is 3.79. The van der Waals surface area contributed by atoms with E-state index in [9.17, 15) is 0 Å². The van der Waals surface area contributed by atoms with Crippen LogP contribution in [0.15, 0.2) is 47.6 Å². The Kier molecular flexibility index (Phi) is 4.33. The Morgan fingerprint density at radius 2 is 2.00 bits per heavy atom. The molecule has 7 nitrogen and oxygen atoms in total. The number of rotatable bonds is 4. The van der Waals surface area contributed by atoms with E-state index in [1.165, 1.54) is 0 Å². The summed E-state index contributed by atoms with van der Waals surface area (Å²) in [4.78, 5) is 0. The van der Waals surface area contributed by atoms with Crippen molar-refractivity contribution in [1.82, 2.24) is 24.7 Å². The number of aromatic nitrogens is 5.